The lowest BCUT2D eigenvalue weighted by Gasteiger charge is -2.41. The molecule has 4 atom stereocenters. The molecule has 0 aliphatic heterocycles. The second-order valence-electron chi connectivity index (χ2n) is 7.11. The van der Waals surface area contributed by atoms with Gasteiger partial charge in [0.05, 0.1) is 18.3 Å². The van der Waals surface area contributed by atoms with Crippen LogP contribution in [0.3, 0.4) is 0 Å². The molecule has 2 aliphatic carbocycles. The number of rotatable bonds is 2. The summed E-state index contributed by atoms with van der Waals surface area (Å²) in [5.41, 5.74) is 0.426. The number of ether oxygens (including phenoxy) is 1. The maximum atomic E-state index is 9.68. The van der Waals surface area contributed by atoms with E-state index >= 15 is 0 Å². The molecule has 1 N–H and O–H groups in total. The first-order valence-corrected chi connectivity index (χ1v) is 7.28. The predicted octanol–water partition coefficient (Wildman–Crippen LogP) is 3.52. The van der Waals surface area contributed by atoms with Crippen molar-refractivity contribution in [2.45, 2.75) is 84.0 Å². The molecule has 0 heterocycles. The summed E-state index contributed by atoms with van der Waals surface area (Å²) in [7, 11) is 0. The van der Waals surface area contributed by atoms with Crippen molar-refractivity contribution in [3.63, 3.8) is 0 Å². The summed E-state index contributed by atoms with van der Waals surface area (Å²) in [6.45, 7) is 7.05. The van der Waals surface area contributed by atoms with E-state index in [9.17, 15) is 5.11 Å². The van der Waals surface area contributed by atoms with Crippen LogP contribution in [0.5, 0.6) is 0 Å². The molecule has 2 heteroatoms. The quantitative estimate of drug-likeness (QED) is 0.800. The summed E-state index contributed by atoms with van der Waals surface area (Å²) in [6.07, 6.45) is 8.40. The van der Waals surface area contributed by atoms with E-state index in [1.165, 1.54) is 19.3 Å². The van der Waals surface area contributed by atoms with E-state index in [1.54, 1.807) is 0 Å². The molecule has 2 aliphatic rings. The van der Waals surface area contributed by atoms with Crippen LogP contribution in [0.4, 0.5) is 0 Å². The number of hydrogen-bond acceptors (Lipinski definition) is 2. The number of aliphatic hydroxyl groups is 1. The zero-order valence-electron chi connectivity index (χ0n) is 11.6. The Balaban J connectivity index is 1.85. The average Bonchev–Trinajstić information content (AvgIpc) is 2.13. The van der Waals surface area contributed by atoms with E-state index in [0.29, 0.717) is 17.6 Å². The molecule has 4 unspecified atom stereocenters. The Hall–Kier alpha value is -0.0800. The fourth-order valence-corrected chi connectivity index (χ4v) is 3.88. The van der Waals surface area contributed by atoms with Crippen LogP contribution >= 0.6 is 0 Å². The van der Waals surface area contributed by atoms with Gasteiger partial charge in [0.1, 0.15) is 0 Å². The third-order valence-corrected chi connectivity index (χ3v) is 4.33. The molecule has 0 aromatic carbocycles. The summed E-state index contributed by atoms with van der Waals surface area (Å²) in [6, 6.07) is 0. The van der Waals surface area contributed by atoms with Crippen LogP contribution in [-0.2, 0) is 4.74 Å². The van der Waals surface area contributed by atoms with E-state index in [2.05, 4.69) is 20.8 Å². The fourth-order valence-electron chi connectivity index (χ4n) is 3.88. The van der Waals surface area contributed by atoms with Gasteiger partial charge in [-0.05, 0) is 56.3 Å². The molecule has 2 fully saturated rings. The summed E-state index contributed by atoms with van der Waals surface area (Å²) in [5.74, 6) is 0.775. The van der Waals surface area contributed by atoms with Crippen molar-refractivity contribution in [3.05, 3.63) is 0 Å². The minimum Gasteiger partial charge on any atom is -0.393 e. The second-order valence-corrected chi connectivity index (χ2v) is 7.11. The summed E-state index contributed by atoms with van der Waals surface area (Å²) < 4.78 is 6.25. The third kappa shape index (κ3) is 3.96. The van der Waals surface area contributed by atoms with Crippen molar-refractivity contribution in [2.24, 2.45) is 11.3 Å². The standard InChI is InChI=1S/C15H28O2/c1-11-7-14(10-15(2,3)9-11)17-13-6-4-5-12(16)8-13/h11-14,16H,4-10H2,1-3H3. The molecular formula is C15H28O2. The van der Waals surface area contributed by atoms with Gasteiger partial charge >= 0.3 is 0 Å². The normalized spacial score (nSPS) is 42.4. The Kier molecular flexibility index (Phi) is 4.14. The zero-order chi connectivity index (χ0) is 12.5. The minimum absolute atomic E-state index is 0.122. The van der Waals surface area contributed by atoms with Crippen LogP contribution in [0.15, 0.2) is 0 Å². The van der Waals surface area contributed by atoms with Crippen molar-refractivity contribution in [2.75, 3.05) is 0 Å². The van der Waals surface area contributed by atoms with E-state index in [0.717, 1.165) is 31.6 Å². The van der Waals surface area contributed by atoms with Crippen molar-refractivity contribution < 1.29 is 9.84 Å². The predicted molar refractivity (Wildman–Crippen MR) is 69.9 cm³/mol. The van der Waals surface area contributed by atoms with Crippen molar-refractivity contribution in [1.82, 2.24) is 0 Å². The smallest absolute Gasteiger partial charge is 0.0603 e. The summed E-state index contributed by atoms with van der Waals surface area (Å²) in [4.78, 5) is 0. The van der Waals surface area contributed by atoms with Gasteiger partial charge in [0, 0.05) is 0 Å². The molecule has 0 radical (unpaired) electrons. The largest absolute Gasteiger partial charge is 0.393 e. The highest BCUT2D eigenvalue weighted by atomic mass is 16.5. The Morgan fingerprint density at radius 1 is 1.06 bits per heavy atom. The molecule has 0 spiro atoms. The van der Waals surface area contributed by atoms with Crippen molar-refractivity contribution in [3.8, 4) is 0 Å². The van der Waals surface area contributed by atoms with Crippen LogP contribution in [0.2, 0.25) is 0 Å². The molecule has 0 saturated heterocycles. The highest BCUT2D eigenvalue weighted by Crippen LogP contribution is 2.40. The van der Waals surface area contributed by atoms with Gasteiger partial charge in [0.25, 0.3) is 0 Å². The number of hydrogen-bond donors (Lipinski definition) is 1. The minimum atomic E-state index is -0.122. The third-order valence-electron chi connectivity index (χ3n) is 4.33. The van der Waals surface area contributed by atoms with Crippen LogP contribution in [0.1, 0.15) is 65.7 Å². The average molecular weight is 240 g/mol. The van der Waals surface area contributed by atoms with E-state index in [-0.39, 0.29) is 6.10 Å². The lowest BCUT2D eigenvalue weighted by molar-refractivity contribution is -0.0919. The Bertz CT molecular complexity index is 249. The van der Waals surface area contributed by atoms with Gasteiger partial charge in [0.2, 0.25) is 0 Å². The van der Waals surface area contributed by atoms with Gasteiger partial charge in [-0.3, -0.25) is 0 Å². The molecular weight excluding hydrogens is 212 g/mol. The lowest BCUT2D eigenvalue weighted by atomic mass is 9.71. The maximum Gasteiger partial charge on any atom is 0.0603 e. The SMILES string of the molecule is CC1CC(OC2CCCC(O)C2)CC(C)(C)C1. The Labute approximate surface area is 106 Å². The van der Waals surface area contributed by atoms with Gasteiger partial charge in [-0.25, -0.2) is 0 Å². The summed E-state index contributed by atoms with van der Waals surface area (Å²) >= 11 is 0. The monoisotopic (exact) mass is 240 g/mol. The molecule has 100 valence electrons. The van der Waals surface area contributed by atoms with E-state index in [4.69, 9.17) is 4.74 Å². The molecule has 0 bridgehead atoms. The van der Waals surface area contributed by atoms with Gasteiger partial charge in [0.15, 0.2) is 0 Å². The molecule has 2 saturated carbocycles. The van der Waals surface area contributed by atoms with Gasteiger partial charge in [-0.1, -0.05) is 20.8 Å². The lowest BCUT2D eigenvalue weighted by Crippen LogP contribution is -2.37. The molecule has 2 nitrogen and oxygen atoms in total. The van der Waals surface area contributed by atoms with Gasteiger partial charge in [-0.2, -0.15) is 0 Å². The highest BCUT2D eigenvalue weighted by molar-refractivity contribution is 4.85. The van der Waals surface area contributed by atoms with Crippen LogP contribution in [0.25, 0.3) is 0 Å². The summed E-state index contributed by atoms with van der Waals surface area (Å²) in [5, 5.41) is 9.68. The van der Waals surface area contributed by atoms with Crippen LogP contribution in [0, 0.1) is 11.3 Å². The first-order valence-electron chi connectivity index (χ1n) is 7.28. The fraction of sp³-hybridized carbons (Fsp3) is 1.00. The van der Waals surface area contributed by atoms with E-state index < -0.39 is 0 Å². The molecule has 17 heavy (non-hydrogen) atoms. The Morgan fingerprint density at radius 2 is 1.82 bits per heavy atom. The first kappa shape index (κ1) is 13.4. The van der Waals surface area contributed by atoms with Crippen LogP contribution in [-0.4, -0.2) is 23.4 Å². The zero-order valence-corrected chi connectivity index (χ0v) is 11.6. The van der Waals surface area contributed by atoms with Gasteiger partial charge in [-0.15, -0.1) is 0 Å². The van der Waals surface area contributed by atoms with Gasteiger partial charge < -0.3 is 9.84 Å². The number of aliphatic hydroxyl groups excluding tert-OH is 1. The second kappa shape index (κ2) is 5.27. The molecule has 0 aromatic heterocycles. The van der Waals surface area contributed by atoms with Crippen LogP contribution < -0.4 is 0 Å². The van der Waals surface area contributed by atoms with Crippen molar-refractivity contribution >= 4 is 0 Å². The topological polar surface area (TPSA) is 29.5 Å². The molecule has 0 amide bonds. The Morgan fingerprint density at radius 3 is 2.47 bits per heavy atom. The highest BCUT2D eigenvalue weighted by Gasteiger charge is 2.34. The van der Waals surface area contributed by atoms with E-state index in [1.807, 2.05) is 0 Å². The molecule has 0 aromatic rings. The van der Waals surface area contributed by atoms with Crippen molar-refractivity contribution in [1.29, 1.82) is 0 Å². The maximum absolute atomic E-state index is 9.68. The molecule has 2 rings (SSSR count). The first-order chi connectivity index (χ1) is 7.94.